The van der Waals surface area contributed by atoms with Crippen LogP contribution in [-0.2, 0) is 14.8 Å². The molecule has 2 N–H and O–H groups in total. The summed E-state index contributed by atoms with van der Waals surface area (Å²) >= 11 is 0. The summed E-state index contributed by atoms with van der Waals surface area (Å²) in [5, 5.41) is 2.26. The third-order valence-corrected chi connectivity index (χ3v) is 4.50. The van der Waals surface area contributed by atoms with Gasteiger partial charge in [0.05, 0.1) is 10.5 Å². The molecule has 2 rings (SSSR count). The molecule has 2 amide bonds. The molecule has 0 fully saturated rings. The van der Waals surface area contributed by atoms with E-state index in [1.165, 1.54) is 24.3 Å². The third kappa shape index (κ3) is 5.08. The van der Waals surface area contributed by atoms with Crippen LogP contribution in [0, 0.1) is 11.6 Å². The normalized spacial score (nSPS) is 11.0. The molecule has 0 saturated heterocycles. The van der Waals surface area contributed by atoms with Crippen molar-refractivity contribution in [2.45, 2.75) is 11.3 Å². The van der Waals surface area contributed by atoms with Crippen LogP contribution in [0.15, 0.2) is 53.4 Å². The van der Waals surface area contributed by atoms with Crippen molar-refractivity contribution in [2.75, 3.05) is 6.54 Å². The molecule has 2 aromatic carbocycles. The largest absolute Gasteiger partial charge is 0.351 e. The van der Waals surface area contributed by atoms with E-state index >= 15 is 0 Å². The zero-order chi connectivity index (χ0) is 18.4. The smallest absolute Gasteiger partial charge is 0.264 e. The summed E-state index contributed by atoms with van der Waals surface area (Å²) in [5.74, 6) is -3.52. The molecule has 0 unspecified atom stereocenters. The van der Waals surface area contributed by atoms with Gasteiger partial charge in [0.1, 0.15) is 11.6 Å². The quantitative estimate of drug-likeness (QED) is 0.810. The first-order chi connectivity index (χ1) is 11.8. The van der Waals surface area contributed by atoms with Gasteiger partial charge in [0.2, 0.25) is 5.91 Å². The van der Waals surface area contributed by atoms with Crippen molar-refractivity contribution in [3.8, 4) is 0 Å². The number of carbonyl (C=O) groups is 2. The molecule has 0 spiro atoms. The van der Waals surface area contributed by atoms with Gasteiger partial charge in [-0.25, -0.2) is 21.9 Å². The molecule has 9 heteroatoms. The Bertz CT molecular complexity index is 886. The Kier molecular flexibility index (Phi) is 5.81. The van der Waals surface area contributed by atoms with Crippen LogP contribution in [0.2, 0.25) is 0 Å². The van der Waals surface area contributed by atoms with E-state index in [0.29, 0.717) is 6.07 Å². The lowest BCUT2D eigenvalue weighted by Crippen LogP contribution is -2.34. The van der Waals surface area contributed by atoms with E-state index in [0.717, 1.165) is 12.1 Å². The van der Waals surface area contributed by atoms with Crippen molar-refractivity contribution in [3.05, 3.63) is 65.7 Å². The number of nitrogens with one attached hydrogen (secondary N) is 2. The number of halogens is 2. The topological polar surface area (TPSA) is 92.3 Å². The van der Waals surface area contributed by atoms with Gasteiger partial charge in [0, 0.05) is 19.0 Å². The highest BCUT2D eigenvalue weighted by atomic mass is 32.2. The molecule has 2 aromatic rings. The predicted octanol–water partition coefficient (Wildman–Crippen LogP) is 1.59. The van der Waals surface area contributed by atoms with Crippen LogP contribution in [0.3, 0.4) is 0 Å². The van der Waals surface area contributed by atoms with Crippen molar-refractivity contribution >= 4 is 21.8 Å². The van der Waals surface area contributed by atoms with Crippen molar-refractivity contribution in [2.24, 2.45) is 0 Å². The molecule has 0 atom stereocenters. The number of carbonyl (C=O) groups excluding carboxylic acids is 2. The zero-order valence-corrected chi connectivity index (χ0v) is 13.6. The molecule has 0 aliphatic heterocycles. The summed E-state index contributed by atoms with van der Waals surface area (Å²) < 4.78 is 52.0. The second-order valence-electron chi connectivity index (χ2n) is 4.97. The van der Waals surface area contributed by atoms with Crippen LogP contribution in [0.25, 0.3) is 0 Å². The fraction of sp³-hybridized carbons (Fsp3) is 0.125. The number of sulfonamides is 1. The SMILES string of the molecule is O=C(CCNC(=O)c1ccc(F)cc1F)NS(=O)(=O)c1ccccc1. The first kappa shape index (κ1) is 18.5. The lowest BCUT2D eigenvalue weighted by atomic mass is 10.2. The molecule has 0 saturated carbocycles. The summed E-state index contributed by atoms with van der Waals surface area (Å²) in [6.07, 6.45) is -0.333. The first-order valence-corrected chi connectivity index (χ1v) is 8.62. The highest BCUT2D eigenvalue weighted by Gasteiger charge is 2.17. The third-order valence-electron chi connectivity index (χ3n) is 3.12. The van der Waals surface area contributed by atoms with E-state index in [1.54, 1.807) is 6.07 Å². The average molecular weight is 368 g/mol. The highest BCUT2D eigenvalue weighted by Crippen LogP contribution is 2.09. The van der Waals surface area contributed by atoms with E-state index in [4.69, 9.17) is 0 Å². The molecule has 0 aromatic heterocycles. The van der Waals surface area contributed by atoms with E-state index in [-0.39, 0.29) is 23.4 Å². The molecular weight excluding hydrogens is 354 g/mol. The fourth-order valence-electron chi connectivity index (χ4n) is 1.92. The average Bonchev–Trinajstić information content (AvgIpc) is 2.55. The predicted molar refractivity (Wildman–Crippen MR) is 85.1 cm³/mol. The van der Waals surface area contributed by atoms with Crippen molar-refractivity contribution in [1.82, 2.24) is 10.0 Å². The molecule has 0 radical (unpaired) electrons. The number of rotatable bonds is 6. The van der Waals surface area contributed by atoms with Gasteiger partial charge in [-0.15, -0.1) is 0 Å². The minimum absolute atomic E-state index is 0.0687. The van der Waals surface area contributed by atoms with Crippen LogP contribution in [0.5, 0.6) is 0 Å². The van der Waals surface area contributed by atoms with Gasteiger partial charge in [-0.05, 0) is 24.3 Å². The maximum absolute atomic E-state index is 13.4. The van der Waals surface area contributed by atoms with Crippen molar-refractivity contribution < 1.29 is 26.8 Å². The van der Waals surface area contributed by atoms with Crippen LogP contribution in [0.1, 0.15) is 16.8 Å². The van der Waals surface area contributed by atoms with Gasteiger partial charge < -0.3 is 5.32 Å². The molecular formula is C16H14F2N2O4S. The molecule has 0 heterocycles. The maximum Gasteiger partial charge on any atom is 0.264 e. The van der Waals surface area contributed by atoms with Crippen LogP contribution in [0.4, 0.5) is 8.78 Å². The minimum atomic E-state index is -3.99. The second-order valence-corrected chi connectivity index (χ2v) is 6.65. The molecule has 0 aliphatic rings. The van der Waals surface area contributed by atoms with E-state index in [1.807, 2.05) is 4.72 Å². The van der Waals surface area contributed by atoms with Gasteiger partial charge in [-0.3, -0.25) is 9.59 Å². The Hall–Kier alpha value is -2.81. The van der Waals surface area contributed by atoms with Crippen molar-refractivity contribution in [1.29, 1.82) is 0 Å². The van der Waals surface area contributed by atoms with E-state index < -0.39 is 33.5 Å². The molecule has 25 heavy (non-hydrogen) atoms. The Morgan fingerprint density at radius 3 is 2.32 bits per heavy atom. The summed E-state index contributed by atoms with van der Waals surface area (Å²) in [6, 6.07) is 9.77. The Balaban J connectivity index is 1.87. The summed E-state index contributed by atoms with van der Waals surface area (Å²) in [4.78, 5) is 23.4. The molecule has 132 valence electrons. The van der Waals surface area contributed by atoms with Gasteiger partial charge in [-0.2, -0.15) is 0 Å². The monoisotopic (exact) mass is 368 g/mol. The lowest BCUT2D eigenvalue weighted by molar-refractivity contribution is -0.119. The highest BCUT2D eigenvalue weighted by molar-refractivity contribution is 7.90. The standard InChI is InChI=1S/C16H14F2N2O4S/c17-11-6-7-13(14(18)10-11)16(22)19-9-8-15(21)20-25(23,24)12-4-2-1-3-5-12/h1-7,10H,8-9H2,(H,19,22)(H,20,21). The van der Waals surface area contributed by atoms with Gasteiger partial charge >= 0.3 is 0 Å². The Morgan fingerprint density at radius 2 is 1.68 bits per heavy atom. The van der Waals surface area contributed by atoms with Crippen LogP contribution >= 0.6 is 0 Å². The van der Waals surface area contributed by atoms with E-state index in [9.17, 15) is 26.8 Å². The lowest BCUT2D eigenvalue weighted by Gasteiger charge is -2.08. The first-order valence-electron chi connectivity index (χ1n) is 7.13. The minimum Gasteiger partial charge on any atom is -0.351 e. The van der Waals surface area contributed by atoms with Gasteiger partial charge in [0.25, 0.3) is 15.9 Å². The summed E-state index contributed by atoms with van der Waals surface area (Å²) in [5.41, 5.74) is -0.376. The molecule has 6 nitrogen and oxygen atoms in total. The molecule has 0 bridgehead atoms. The van der Waals surface area contributed by atoms with E-state index in [2.05, 4.69) is 5.32 Å². The zero-order valence-electron chi connectivity index (χ0n) is 12.8. The Morgan fingerprint density at radius 1 is 1.00 bits per heavy atom. The number of benzene rings is 2. The summed E-state index contributed by atoms with van der Waals surface area (Å²) in [7, 11) is -3.99. The number of hydrogen-bond donors (Lipinski definition) is 2. The number of hydrogen-bond acceptors (Lipinski definition) is 4. The van der Waals surface area contributed by atoms with Gasteiger partial charge in [-0.1, -0.05) is 18.2 Å². The molecule has 0 aliphatic carbocycles. The van der Waals surface area contributed by atoms with Crippen LogP contribution < -0.4 is 10.0 Å². The van der Waals surface area contributed by atoms with Crippen molar-refractivity contribution in [3.63, 3.8) is 0 Å². The Labute approximate surface area is 142 Å². The fourth-order valence-corrected chi connectivity index (χ4v) is 2.95. The maximum atomic E-state index is 13.4. The van der Waals surface area contributed by atoms with Gasteiger partial charge in [0.15, 0.2) is 0 Å². The van der Waals surface area contributed by atoms with Crippen LogP contribution in [-0.4, -0.2) is 26.8 Å². The number of amides is 2. The summed E-state index contributed by atoms with van der Waals surface area (Å²) in [6.45, 7) is -0.216. The second kappa shape index (κ2) is 7.84.